The lowest BCUT2D eigenvalue weighted by molar-refractivity contribution is 0.102. The second-order valence-corrected chi connectivity index (χ2v) is 6.27. The Bertz CT molecular complexity index is 692. The molecule has 3 nitrogen and oxygen atoms in total. The van der Waals surface area contributed by atoms with Gasteiger partial charge in [0.25, 0.3) is 5.91 Å². The van der Waals surface area contributed by atoms with Gasteiger partial charge in [-0.15, -0.1) is 0 Å². The molecule has 1 N–H and O–H groups in total. The van der Waals surface area contributed by atoms with E-state index in [1.54, 1.807) is 36.4 Å². The van der Waals surface area contributed by atoms with Crippen molar-refractivity contribution in [3.8, 4) is 5.75 Å². The number of hydrogen-bond acceptors (Lipinski definition) is 2. The van der Waals surface area contributed by atoms with E-state index in [4.69, 9.17) is 27.9 Å². The number of halogens is 3. The SMILES string of the molecule is CCCOc1ccc(Cl)cc1C(=O)Nc1ccc(Br)c(Cl)c1. The van der Waals surface area contributed by atoms with Crippen LogP contribution in [-0.4, -0.2) is 12.5 Å². The zero-order valence-corrected chi connectivity index (χ0v) is 14.9. The number of ether oxygens (including phenoxy) is 1. The van der Waals surface area contributed by atoms with Gasteiger partial charge in [-0.05, 0) is 58.7 Å². The van der Waals surface area contributed by atoms with Gasteiger partial charge in [-0.3, -0.25) is 4.79 Å². The number of nitrogens with one attached hydrogen (secondary N) is 1. The molecule has 0 aliphatic carbocycles. The summed E-state index contributed by atoms with van der Waals surface area (Å²) < 4.78 is 6.36. The van der Waals surface area contributed by atoms with Crippen LogP contribution in [0.1, 0.15) is 23.7 Å². The first-order valence-corrected chi connectivity index (χ1v) is 8.25. The lowest BCUT2D eigenvalue weighted by Gasteiger charge is -2.12. The molecule has 2 aromatic rings. The summed E-state index contributed by atoms with van der Waals surface area (Å²) in [6, 6.07) is 10.2. The fourth-order valence-corrected chi connectivity index (χ4v) is 2.39. The average Bonchev–Trinajstić information content (AvgIpc) is 2.49. The smallest absolute Gasteiger partial charge is 0.259 e. The van der Waals surface area contributed by atoms with Gasteiger partial charge < -0.3 is 10.1 Å². The highest BCUT2D eigenvalue weighted by Crippen LogP contribution is 2.27. The highest BCUT2D eigenvalue weighted by atomic mass is 79.9. The van der Waals surface area contributed by atoms with E-state index in [0.717, 1.165) is 10.9 Å². The predicted molar refractivity (Wildman–Crippen MR) is 94.3 cm³/mol. The zero-order chi connectivity index (χ0) is 16.1. The van der Waals surface area contributed by atoms with Gasteiger partial charge in [0.15, 0.2) is 0 Å². The van der Waals surface area contributed by atoms with Crippen LogP contribution in [0.15, 0.2) is 40.9 Å². The molecule has 0 atom stereocenters. The van der Waals surface area contributed by atoms with Crippen molar-refractivity contribution in [1.82, 2.24) is 0 Å². The van der Waals surface area contributed by atoms with Crippen LogP contribution in [0.25, 0.3) is 0 Å². The van der Waals surface area contributed by atoms with Crippen LogP contribution in [0, 0.1) is 0 Å². The normalized spacial score (nSPS) is 10.4. The Balaban J connectivity index is 2.24. The van der Waals surface area contributed by atoms with Crippen LogP contribution in [0.5, 0.6) is 5.75 Å². The van der Waals surface area contributed by atoms with Gasteiger partial charge in [0.05, 0.1) is 17.2 Å². The Kier molecular flexibility index (Phi) is 6.12. The van der Waals surface area contributed by atoms with Crippen molar-refractivity contribution >= 4 is 50.7 Å². The number of anilines is 1. The molecule has 1 amide bonds. The lowest BCUT2D eigenvalue weighted by atomic mass is 10.1. The van der Waals surface area contributed by atoms with E-state index < -0.39 is 0 Å². The molecule has 0 saturated heterocycles. The van der Waals surface area contributed by atoms with Crippen LogP contribution in [0.3, 0.4) is 0 Å². The van der Waals surface area contributed by atoms with Crippen molar-refractivity contribution < 1.29 is 9.53 Å². The first-order valence-electron chi connectivity index (χ1n) is 6.70. The Labute approximate surface area is 147 Å². The third-order valence-electron chi connectivity index (χ3n) is 2.83. The molecule has 2 aromatic carbocycles. The first kappa shape index (κ1) is 17.1. The largest absolute Gasteiger partial charge is 0.493 e. The Morgan fingerprint density at radius 1 is 1.23 bits per heavy atom. The fraction of sp³-hybridized carbons (Fsp3) is 0.188. The molecular formula is C16H14BrCl2NO2. The number of carbonyl (C=O) groups excluding carboxylic acids is 1. The van der Waals surface area contributed by atoms with Gasteiger partial charge in [0.1, 0.15) is 5.75 Å². The predicted octanol–water partition coefficient (Wildman–Crippen LogP) is 5.80. The zero-order valence-electron chi connectivity index (χ0n) is 11.8. The van der Waals surface area contributed by atoms with Crippen molar-refractivity contribution in [3.05, 3.63) is 56.5 Å². The van der Waals surface area contributed by atoms with Crippen molar-refractivity contribution in [2.45, 2.75) is 13.3 Å². The highest BCUT2D eigenvalue weighted by molar-refractivity contribution is 9.10. The maximum absolute atomic E-state index is 12.4. The molecule has 0 fully saturated rings. The van der Waals surface area contributed by atoms with Crippen molar-refractivity contribution in [3.63, 3.8) is 0 Å². The van der Waals surface area contributed by atoms with Gasteiger partial charge in [0, 0.05) is 15.2 Å². The summed E-state index contributed by atoms with van der Waals surface area (Å²) in [7, 11) is 0. The number of benzene rings is 2. The average molecular weight is 403 g/mol. The van der Waals surface area contributed by atoms with Gasteiger partial charge in [0.2, 0.25) is 0 Å². The van der Waals surface area contributed by atoms with E-state index >= 15 is 0 Å². The number of hydrogen-bond donors (Lipinski definition) is 1. The molecule has 0 bridgehead atoms. The molecule has 0 aliphatic rings. The van der Waals surface area contributed by atoms with Crippen LogP contribution >= 0.6 is 39.1 Å². The third kappa shape index (κ3) is 4.38. The second kappa shape index (κ2) is 7.86. The Morgan fingerprint density at radius 3 is 2.68 bits per heavy atom. The summed E-state index contributed by atoms with van der Waals surface area (Å²) in [5, 5.41) is 3.78. The number of carbonyl (C=O) groups is 1. The summed E-state index contributed by atoms with van der Waals surface area (Å²) in [4.78, 5) is 12.4. The van der Waals surface area contributed by atoms with E-state index in [0.29, 0.717) is 33.7 Å². The summed E-state index contributed by atoms with van der Waals surface area (Å²) >= 11 is 15.3. The molecule has 0 heterocycles. The minimum Gasteiger partial charge on any atom is -0.493 e. The summed E-state index contributed by atoms with van der Waals surface area (Å²) in [5.41, 5.74) is 0.986. The second-order valence-electron chi connectivity index (χ2n) is 4.57. The highest BCUT2D eigenvalue weighted by Gasteiger charge is 2.14. The summed E-state index contributed by atoms with van der Waals surface area (Å²) in [6.07, 6.45) is 0.853. The molecule has 0 spiro atoms. The number of rotatable bonds is 5. The molecule has 0 saturated carbocycles. The standard InChI is InChI=1S/C16H14BrCl2NO2/c1-2-7-22-15-6-3-10(18)8-12(15)16(21)20-11-4-5-13(17)14(19)9-11/h3-6,8-9H,2,7H2,1H3,(H,20,21). The molecule has 22 heavy (non-hydrogen) atoms. The number of amides is 1. The molecule has 0 aliphatic heterocycles. The van der Waals surface area contributed by atoms with E-state index in [2.05, 4.69) is 21.2 Å². The maximum Gasteiger partial charge on any atom is 0.259 e. The third-order valence-corrected chi connectivity index (χ3v) is 4.29. The topological polar surface area (TPSA) is 38.3 Å². The van der Waals surface area contributed by atoms with Crippen LogP contribution in [0.4, 0.5) is 5.69 Å². The fourth-order valence-electron chi connectivity index (χ4n) is 1.79. The first-order chi connectivity index (χ1) is 10.5. The van der Waals surface area contributed by atoms with Crippen molar-refractivity contribution in [1.29, 1.82) is 0 Å². The lowest BCUT2D eigenvalue weighted by Crippen LogP contribution is -2.14. The molecule has 0 aromatic heterocycles. The van der Waals surface area contributed by atoms with Crippen LogP contribution in [0.2, 0.25) is 10.0 Å². The molecule has 116 valence electrons. The van der Waals surface area contributed by atoms with E-state index in [-0.39, 0.29) is 5.91 Å². The Morgan fingerprint density at radius 2 is 2.00 bits per heavy atom. The molecule has 0 unspecified atom stereocenters. The molecular weight excluding hydrogens is 389 g/mol. The van der Waals surface area contributed by atoms with E-state index in [1.165, 1.54) is 0 Å². The van der Waals surface area contributed by atoms with Crippen LogP contribution in [-0.2, 0) is 0 Å². The Hall–Kier alpha value is -1.23. The monoisotopic (exact) mass is 401 g/mol. The van der Waals surface area contributed by atoms with E-state index in [1.807, 2.05) is 6.92 Å². The summed E-state index contributed by atoms with van der Waals surface area (Å²) in [5.74, 6) is 0.207. The van der Waals surface area contributed by atoms with Gasteiger partial charge in [-0.1, -0.05) is 30.1 Å². The minimum atomic E-state index is -0.299. The van der Waals surface area contributed by atoms with Gasteiger partial charge >= 0.3 is 0 Å². The molecule has 2 rings (SSSR count). The van der Waals surface area contributed by atoms with Crippen molar-refractivity contribution in [2.24, 2.45) is 0 Å². The van der Waals surface area contributed by atoms with Gasteiger partial charge in [-0.25, -0.2) is 0 Å². The quantitative estimate of drug-likeness (QED) is 0.686. The molecule has 0 radical (unpaired) electrons. The maximum atomic E-state index is 12.4. The molecule has 6 heteroatoms. The van der Waals surface area contributed by atoms with E-state index in [9.17, 15) is 4.79 Å². The minimum absolute atomic E-state index is 0.299. The van der Waals surface area contributed by atoms with Gasteiger partial charge in [-0.2, -0.15) is 0 Å². The van der Waals surface area contributed by atoms with Crippen molar-refractivity contribution in [2.75, 3.05) is 11.9 Å². The summed E-state index contributed by atoms with van der Waals surface area (Å²) in [6.45, 7) is 2.53. The van der Waals surface area contributed by atoms with Crippen LogP contribution < -0.4 is 10.1 Å².